The fourth-order valence-electron chi connectivity index (χ4n) is 2.73. The van der Waals surface area contributed by atoms with E-state index in [2.05, 4.69) is 78.4 Å². The number of rotatable bonds is 4. The summed E-state index contributed by atoms with van der Waals surface area (Å²) in [5.74, 6) is 0. The molecule has 0 fully saturated rings. The highest BCUT2D eigenvalue weighted by Gasteiger charge is 2.15. The molecule has 0 saturated carbocycles. The van der Waals surface area contributed by atoms with Crippen LogP contribution in [0.5, 0.6) is 0 Å². The van der Waals surface area contributed by atoms with Crippen LogP contribution in [0.15, 0.2) is 40.9 Å². The molecule has 0 bridgehead atoms. The van der Waals surface area contributed by atoms with Crippen molar-refractivity contribution in [3.05, 3.63) is 68.7 Å². The fraction of sp³-hybridized carbons (Fsp3) is 0.333. The lowest BCUT2D eigenvalue weighted by Crippen LogP contribution is -2.20. The number of likely N-dealkylation sites (N-methyl/N-ethyl adjacent to an activating group) is 1. The minimum Gasteiger partial charge on any atom is -0.313 e. The summed E-state index contributed by atoms with van der Waals surface area (Å²) >= 11 is 3.58. The summed E-state index contributed by atoms with van der Waals surface area (Å²) in [6, 6.07) is 13.4. The van der Waals surface area contributed by atoms with Crippen molar-refractivity contribution < 1.29 is 0 Å². The molecule has 1 nitrogen and oxygen atoms in total. The standard InChI is InChI=1S/C18H22BrN/c1-12-6-5-7-13(2)16(12)11-18(20-4)17-10-15(19)9-8-14(17)3/h5-10,18,20H,11H2,1-4H3. The molecule has 2 aromatic rings. The SMILES string of the molecule is CNC(Cc1c(C)cccc1C)c1cc(Br)ccc1C. The number of nitrogens with one attached hydrogen (secondary N) is 1. The average Bonchev–Trinajstić information content (AvgIpc) is 2.42. The minimum absolute atomic E-state index is 0.340. The van der Waals surface area contributed by atoms with Crippen LogP contribution in [-0.4, -0.2) is 7.05 Å². The van der Waals surface area contributed by atoms with Gasteiger partial charge in [-0.15, -0.1) is 0 Å². The molecule has 1 N–H and O–H groups in total. The summed E-state index contributed by atoms with van der Waals surface area (Å²) in [6.07, 6.45) is 1.02. The van der Waals surface area contributed by atoms with E-state index >= 15 is 0 Å². The summed E-state index contributed by atoms with van der Waals surface area (Å²) in [4.78, 5) is 0. The molecular weight excluding hydrogens is 310 g/mol. The van der Waals surface area contributed by atoms with Crippen molar-refractivity contribution in [2.24, 2.45) is 0 Å². The van der Waals surface area contributed by atoms with E-state index in [4.69, 9.17) is 0 Å². The van der Waals surface area contributed by atoms with Gasteiger partial charge in [-0.25, -0.2) is 0 Å². The Morgan fingerprint density at radius 3 is 2.25 bits per heavy atom. The van der Waals surface area contributed by atoms with E-state index in [9.17, 15) is 0 Å². The van der Waals surface area contributed by atoms with Crippen LogP contribution in [0.25, 0.3) is 0 Å². The zero-order valence-corrected chi connectivity index (χ0v) is 14.2. The van der Waals surface area contributed by atoms with Crippen molar-refractivity contribution in [3.8, 4) is 0 Å². The quantitative estimate of drug-likeness (QED) is 0.842. The van der Waals surface area contributed by atoms with Gasteiger partial charge in [0.15, 0.2) is 0 Å². The number of hydrogen-bond donors (Lipinski definition) is 1. The van der Waals surface area contributed by atoms with Gasteiger partial charge in [-0.1, -0.05) is 40.2 Å². The molecule has 2 rings (SSSR count). The summed E-state index contributed by atoms with van der Waals surface area (Å²) in [6.45, 7) is 6.57. The second-order valence-corrected chi connectivity index (χ2v) is 6.33. The Morgan fingerprint density at radius 1 is 1.00 bits per heavy atom. The molecule has 2 aromatic carbocycles. The Morgan fingerprint density at radius 2 is 1.65 bits per heavy atom. The van der Waals surface area contributed by atoms with Crippen LogP contribution in [-0.2, 0) is 6.42 Å². The van der Waals surface area contributed by atoms with Crippen molar-refractivity contribution in [2.75, 3.05) is 7.05 Å². The van der Waals surface area contributed by atoms with E-state index in [1.165, 1.54) is 27.8 Å². The lowest BCUT2D eigenvalue weighted by atomic mass is 9.91. The Labute approximate surface area is 130 Å². The number of aryl methyl sites for hydroxylation is 3. The van der Waals surface area contributed by atoms with Crippen LogP contribution < -0.4 is 5.32 Å². The maximum Gasteiger partial charge on any atom is 0.0361 e. The van der Waals surface area contributed by atoms with Gasteiger partial charge in [-0.3, -0.25) is 0 Å². The second-order valence-electron chi connectivity index (χ2n) is 5.42. The Balaban J connectivity index is 2.36. The van der Waals surface area contributed by atoms with Gasteiger partial charge in [-0.2, -0.15) is 0 Å². The van der Waals surface area contributed by atoms with Crippen molar-refractivity contribution in [3.63, 3.8) is 0 Å². The maximum atomic E-state index is 3.58. The predicted octanol–water partition coefficient (Wildman–Crippen LogP) is 4.88. The first-order valence-electron chi connectivity index (χ1n) is 7.01. The first kappa shape index (κ1) is 15.3. The first-order valence-corrected chi connectivity index (χ1v) is 7.80. The van der Waals surface area contributed by atoms with Crippen LogP contribution >= 0.6 is 15.9 Å². The molecule has 1 atom stereocenters. The van der Waals surface area contributed by atoms with Gasteiger partial charge in [0.25, 0.3) is 0 Å². The van der Waals surface area contributed by atoms with Crippen molar-refractivity contribution in [1.29, 1.82) is 0 Å². The normalized spacial score (nSPS) is 12.4. The van der Waals surface area contributed by atoms with Gasteiger partial charge in [-0.05, 0) is 74.2 Å². The summed E-state index contributed by atoms with van der Waals surface area (Å²) in [7, 11) is 2.04. The van der Waals surface area contributed by atoms with Gasteiger partial charge in [0.05, 0.1) is 0 Å². The van der Waals surface area contributed by atoms with Crippen molar-refractivity contribution in [1.82, 2.24) is 5.32 Å². The molecule has 0 spiro atoms. The molecular formula is C18H22BrN. The maximum absolute atomic E-state index is 3.58. The molecule has 0 aliphatic carbocycles. The molecule has 0 radical (unpaired) electrons. The van der Waals surface area contributed by atoms with E-state index in [1.807, 2.05) is 7.05 Å². The average molecular weight is 332 g/mol. The molecule has 20 heavy (non-hydrogen) atoms. The summed E-state index contributed by atoms with van der Waals surface area (Å²) in [5, 5.41) is 3.47. The highest BCUT2D eigenvalue weighted by molar-refractivity contribution is 9.10. The monoisotopic (exact) mass is 331 g/mol. The lowest BCUT2D eigenvalue weighted by Gasteiger charge is -2.21. The van der Waals surface area contributed by atoms with Gasteiger partial charge in [0.2, 0.25) is 0 Å². The van der Waals surface area contributed by atoms with Crippen LogP contribution in [0, 0.1) is 20.8 Å². The number of benzene rings is 2. The van der Waals surface area contributed by atoms with E-state index in [-0.39, 0.29) is 0 Å². The minimum atomic E-state index is 0.340. The Bertz CT molecular complexity index is 584. The van der Waals surface area contributed by atoms with Crippen LogP contribution in [0.3, 0.4) is 0 Å². The van der Waals surface area contributed by atoms with Crippen LogP contribution in [0.4, 0.5) is 0 Å². The largest absolute Gasteiger partial charge is 0.313 e. The Kier molecular flexibility index (Phi) is 5.00. The van der Waals surface area contributed by atoms with E-state index < -0.39 is 0 Å². The highest BCUT2D eigenvalue weighted by atomic mass is 79.9. The zero-order valence-electron chi connectivity index (χ0n) is 12.6. The predicted molar refractivity (Wildman–Crippen MR) is 90.3 cm³/mol. The smallest absolute Gasteiger partial charge is 0.0361 e. The molecule has 0 aliphatic rings. The second kappa shape index (κ2) is 6.55. The van der Waals surface area contributed by atoms with Gasteiger partial charge in [0, 0.05) is 10.5 Å². The van der Waals surface area contributed by atoms with Crippen LogP contribution in [0.2, 0.25) is 0 Å². The number of hydrogen-bond acceptors (Lipinski definition) is 1. The molecule has 106 valence electrons. The zero-order chi connectivity index (χ0) is 14.7. The molecule has 0 aliphatic heterocycles. The lowest BCUT2D eigenvalue weighted by molar-refractivity contribution is 0.586. The molecule has 0 heterocycles. The van der Waals surface area contributed by atoms with Gasteiger partial charge >= 0.3 is 0 Å². The molecule has 2 heteroatoms. The van der Waals surface area contributed by atoms with Crippen molar-refractivity contribution in [2.45, 2.75) is 33.2 Å². The summed E-state index contributed by atoms with van der Waals surface area (Å²) in [5.41, 5.74) is 6.89. The third kappa shape index (κ3) is 3.31. The van der Waals surface area contributed by atoms with Crippen molar-refractivity contribution >= 4 is 15.9 Å². The van der Waals surface area contributed by atoms with Crippen LogP contribution in [0.1, 0.15) is 33.9 Å². The van der Waals surface area contributed by atoms with E-state index in [0.29, 0.717) is 6.04 Å². The summed E-state index contributed by atoms with van der Waals surface area (Å²) < 4.78 is 1.14. The first-order chi connectivity index (χ1) is 9.52. The topological polar surface area (TPSA) is 12.0 Å². The van der Waals surface area contributed by atoms with Gasteiger partial charge in [0.1, 0.15) is 0 Å². The number of halogens is 1. The van der Waals surface area contributed by atoms with E-state index in [1.54, 1.807) is 0 Å². The molecule has 0 saturated heterocycles. The fourth-order valence-corrected chi connectivity index (χ4v) is 3.11. The Hall–Kier alpha value is -1.12. The van der Waals surface area contributed by atoms with Gasteiger partial charge < -0.3 is 5.32 Å². The van der Waals surface area contributed by atoms with E-state index in [0.717, 1.165) is 10.9 Å². The molecule has 0 amide bonds. The third-order valence-corrected chi connectivity index (χ3v) is 4.51. The molecule has 1 unspecified atom stereocenters. The third-order valence-electron chi connectivity index (χ3n) is 4.02. The highest BCUT2D eigenvalue weighted by Crippen LogP contribution is 2.27. The molecule has 0 aromatic heterocycles.